The lowest BCUT2D eigenvalue weighted by atomic mass is 10.0. The Morgan fingerprint density at radius 3 is 2.79 bits per heavy atom. The minimum atomic E-state index is -4.57. The zero-order valence-electron chi connectivity index (χ0n) is 15.3. The Bertz CT molecular complexity index is 1050. The molecule has 0 radical (unpaired) electrons. The average Bonchev–Trinajstić information content (AvgIpc) is 3.30. The molecular formula is C19H17F3N4O3. The van der Waals surface area contributed by atoms with Crippen molar-refractivity contribution in [2.75, 3.05) is 6.54 Å². The standard InChI is InChI=1S/C19H17F3N4O3/c1-10(19(20,21)22)23-17(27)16-12-9-26(7-6-15(12)29-25-16)18(28)14-8-11-4-2-3-5-13(11)24-14/h2-5,8,10,24H,6-7,9H2,1H3,(H,23,27). The van der Waals surface area contributed by atoms with E-state index in [4.69, 9.17) is 4.52 Å². The summed E-state index contributed by atoms with van der Waals surface area (Å²) in [6.07, 6.45) is -4.26. The van der Waals surface area contributed by atoms with Gasteiger partial charge in [-0.05, 0) is 19.1 Å². The normalized spacial score (nSPS) is 15.2. The SMILES string of the molecule is CC(NC(=O)c1noc2c1CN(C(=O)c1cc3ccccc3[nH]1)CC2)C(F)(F)F. The first-order chi connectivity index (χ1) is 13.7. The highest BCUT2D eigenvalue weighted by atomic mass is 19.4. The van der Waals surface area contributed by atoms with Gasteiger partial charge in [0.15, 0.2) is 5.69 Å². The Balaban J connectivity index is 1.54. The Labute approximate surface area is 162 Å². The topological polar surface area (TPSA) is 91.2 Å². The first kappa shape index (κ1) is 19.0. The monoisotopic (exact) mass is 406 g/mol. The molecule has 0 saturated carbocycles. The number of amides is 2. The number of fused-ring (bicyclic) bond motifs is 2. The van der Waals surface area contributed by atoms with Gasteiger partial charge in [-0.1, -0.05) is 23.4 Å². The highest BCUT2D eigenvalue weighted by molar-refractivity contribution is 5.98. The van der Waals surface area contributed by atoms with Gasteiger partial charge in [0.25, 0.3) is 11.8 Å². The molecule has 4 rings (SSSR count). The van der Waals surface area contributed by atoms with E-state index >= 15 is 0 Å². The van der Waals surface area contributed by atoms with E-state index in [0.717, 1.165) is 17.8 Å². The molecule has 3 aromatic rings. The predicted octanol–water partition coefficient (Wildman–Crippen LogP) is 3.04. The number of aromatic nitrogens is 2. The molecule has 7 nitrogen and oxygen atoms in total. The molecule has 10 heteroatoms. The van der Waals surface area contributed by atoms with Gasteiger partial charge in [0.05, 0.1) is 6.54 Å². The molecule has 0 spiro atoms. The van der Waals surface area contributed by atoms with Gasteiger partial charge >= 0.3 is 6.18 Å². The van der Waals surface area contributed by atoms with Crippen LogP contribution in [-0.4, -0.2) is 45.6 Å². The number of carbonyl (C=O) groups excluding carboxylic acids is 2. The van der Waals surface area contributed by atoms with Crippen molar-refractivity contribution in [2.45, 2.75) is 32.1 Å². The lowest BCUT2D eigenvalue weighted by molar-refractivity contribution is -0.149. The number of para-hydroxylation sites is 1. The summed E-state index contributed by atoms with van der Waals surface area (Å²) >= 11 is 0. The van der Waals surface area contributed by atoms with E-state index < -0.39 is 18.1 Å². The number of halogens is 3. The van der Waals surface area contributed by atoms with Gasteiger partial charge in [0.2, 0.25) is 0 Å². The Hall–Kier alpha value is -3.30. The molecule has 29 heavy (non-hydrogen) atoms. The van der Waals surface area contributed by atoms with E-state index in [9.17, 15) is 22.8 Å². The van der Waals surface area contributed by atoms with Gasteiger partial charge in [-0.25, -0.2) is 0 Å². The molecule has 2 N–H and O–H groups in total. The maximum atomic E-state index is 12.9. The van der Waals surface area contributed by atoms with E-state index in [-0.39, 0.29) is 18.1 Å². The van der Waals surface area contributed by atoms with Gasteiger partial charge in [-0.15, -0.1) is 0 Å². The lowest BCUT2D eigenvalue weighted by Crippen LogP contribution is -2.44. The molecule has 152 valence electrons. The number of alkyl halides is 3. The molecular weight excluding hydrogens is 389 g/mol. The third-order valence-corrected chi connectivity index (χ3v) is 4.93. The molecule has 2 amide bonds. The molecule has 0 bridgehead atoms. The molecule has 1 aliphatic heterocycles. The van der Waals surface area contributed by atoms with E-state index in [2.05, 4.69) is 10.1 Å². The van der Waals surface area contributed by atoms with E-state index in [1.54, 1.807) is 6.07 Å². The summed E-state index contributed by atoms with van der Waals surface area (Å²) in [4.78, 5) is 29.7. The summed E-state index contributed by atoms with van der Waals surface area (Å²) in [6, 6.07) is 7.15. The van der Waals surface area contributed by atoms with Gasteiger partial charge in [0, 0.05) is 29.4 Å². The van der Waals surface area contributed by atoms with E-state index in [1.807, 2.05) is 29.6 Å². The second-order valence-corrected chi connectivity index (χ2v) is 6.92. The number of benzene rings is 1. The number of hydrogen-bond acceptors (Lipinski definition) is 4. The first-order valence-corrected chi connectivity index (χ1v) is 8.96. The van der Waals surface area contributed by atoms with Crippen LogP contribution >= 0.6 is 0 Å². The second-order valence-electron chi connectivity index (χ2n) is 6.92. The van der Waals surface area contributed by atoms with Crippen LogP contribution in [0.1, 0.15) is 39.2 Å². The fourth-order valence-corrected chi connectivity index (χ4v) is 3.27. The van der Waals surface area contributed by atoms with Crippen molar-refractivity contribution in [2.24, 2.45) is 0 Å². The summed E-state index contributed by atoms with van der Waals surface area (Å²) in [5, 5.41) is 6.39. The minimum absolute atomic E-state index is 0.0240. The largest absolute Gasteiger partial charge is 0.408 e. The maximum Gasteiger partial charge on any atom is 0.408 e. The Morgan fingerprint density at radius 1 is 1.31 bits per heavy atom. The quantitative estimate of drug-likeness (QED) is 0.700. The Morgan fingerprint density at radius 2 is 2.07 bits per heavy atom. The number of nitrogens with zero attached hydrogens (tertiary/aromatic N) is 2. The molecule has 1 atom stereocenters. The van der Waals surface area contributed by atoms with Gasteiger partial charge in [-0.3, -0.25) is 9.59 Å². The van der Waals surface area contributed by atoms with Crippen LogP contribution in [0, 0.1) is 0 Å². The predicted molar refractivity (Wildman–Crippen MR) is 96.2 cm³/mol. The summed E-state index contributed by atoms with van der Waals surface area (Å²) < 4.78 is 43.3. The number of hydrogen-bond donors (Lipinski definition) is 2. The van der Waals surface area contributed by atoms with Gasteiger partial charge in [0.1, 0.15) is 17.5 Å². The van der Waals surface area contributed by atoms with Crippen LogP contribution in [0.2, 0.25) is 0 Å². The number of H-pyrrole nitrogens is 1. The van der Waals surface area contributed by atoms with Crippen molar-refractivity contribution in [3.63, 3.8) is 0 Å². The fraction of sp³-hybridized carbons (Fsp3) is 0.316. The number of nitrogens with one attached hydrogen (secondary N) is 2. The highest BCUT2D eigenvalue weighted by Crippen LogP contribution is 2.26. The molecule has 3 heterocycles. The fourth-order valence-electron chi connectivity index (χ4n) is 3.27. The number of rotatable bonds is 3. The molecule has 0 fully saturated rings. The van der Waals surface area contributed by atoms with Gasteiger partial charge in [-0.2, -0.15) is 13.2 Å². The van der Waals surface area contributed by atoms with Crippen molar-refractivity contribution >= 4 is 22.7 Å². The van der Waals surface area contributed by atoms with Crippen molar-refractivity contribution < 1.29 is 27.3 Å². The van der Waals surface area contributed by atoms with E-state index in [1.165, 1.54) is 4.90 Å². The van der Waals surface area contributed by atoms with E-state index in [0.29, 0.717) is 30.0 Å². The van der Waals surface area contributed by atoms with Crippen molar-refractivity contribution in [1.82, 2.24) is 20.4 Å². The van der Waals surface area contributed by atoms with Crippen molar-refractivity contribution in [1.29, 1.82) is 0 Å². The maximum absolute atomic E-state index is 12.9. The smallest absolute Gasteiger partial charge is 0.360 e. The third kappa shape index (κ3) is 3.57. The summed E-state index contributed by atoms with van der Waals surface area (Å²) in [7, 11) is 0. The molecule has 0 saturated heterocycles. The summed E-state index contributed by atoms with van der Waals surface area (Å²) in [6.45, 7) is 1.21. The third-order valence-electron chi connectivity index (χ3n) is 4.93. The van der Waals surface area contributed by atoms with Crippen LogP contribution in [0.15, 0.2) is 34.9 Å². The van der Waals surface area contributed by atoms with Crippen molar-refractivity contribution in [3.8, 4) is 0 Å². The first-order valence-electron chi connectivity index (χ1n) is 8.96. The van der Waals surface area contributed by atoms with Crippen molar-refractivity contribution in [3.05, 3.63) is 53.0 Å². The Kier molecular flexibility index (Phi) is 4.56. The zero-order chi connectivity index (χ0) is 20.8. The van der Waals surface area contributed by atoms with Crippen LogP contribution < -0.4 is 5.32 Å². The van der Waals surface area contributed by atoms with Gasteiger partial charge < -0.3 is 19.7 Å². The number of aromatic amines is 1. The minimum Gasteiger partial charge on any atom is -0.360 e. The lowest BCUT2D eigenvalue weighted by Gasteiger charge is -2.26. The van der Waals surface area contributed by atoms with Crippen LogP contribution in [0.5, 0.6) is 0 Å². The molecule has 2 aromatic heterocycles. The zero-order valence-corrected chi connectivity index (χ0v) is 15.3. The number of carbonyl (C=O) groups is 2. The molecule has 1 aliphatic rings. The van der Waals surface area contributed by atoms with Crippen LogP contribution in [-0.2, 0) is 13.0 Å². The molecule has 1 unspecified atom stereocenters. The van der Waals surface area contributed by atoms with Crippen LogP contribution in [0.25, 0.3) is 10.9 Å². The molecule has 1 aromatic carbocycles. The average molecular weight is 406 g/mol. The summed E-state index contributed by atoms with van der Waals surface area (Å²) in [5.74, 6) is -0.863. The highest BCUT2D eigenvalue weighted by Gasteiger charge is 2.38. The second kappa shape index (κ2) is 6.94. The van der Waals surface area contributed by atoms with Crippen LogP contribution in [0.3, 0.4) is 0 Å². The summed E-state index contributed by atoms with van der Waals surface area (Å²) in [5.41, 5.74) is 1.31. The van der Waals surface area contributed by atoms with Crippen LogP contribution in [0.4, 0.5) is 13.2 Å². The molecule has 0 aliphatic carbocycles.